The first-order valence-corrected chi connectivity index (χ1v) is 7.63. The summed E-state index contributed by atoms with van der Waals surface area (Å²) >= 11 is 0. The van der Waals surface area contributed by atoms with Crippen LogP contribution in [0.1, 0.15) is 30.9 Å². The molecule has 1 fully saturated rings. The third-order valence-corrected chi connectivity index (χ3v) is 4.12. The van der Waals surface area contributed by atoms with Gasteiger partial charge in [0.15, 0.2) is 0 Å². The summed E-state index contributed by atoms with van der Waals surface area (Å²) in [5, 5.41) is 12.6. The topological polar surface area (TPSA) is 78.9 Å². The zero-order chi connectivity index (χ0) is 15.5. The molecule has 0 saturated carbocycles. The normalized spacial score (nSPS) is 24.4. The van der Waals surface area contributed by atoms with E-state index >= 15 is 0 Å². The maximum atomic E-state index is 12.2. The highest BCUT2D eigenvalue weighted by atomic mass is 16.5. The van der Waals surface area contributed by atoms with E-state index in [1.54, 1.807) is 0 Å². The fourth-order valence-electron chi connectivity index (χ4n) is 2.94. The van der Waals surface area contributed by atoms with Gasteiger partial charge in [-0.05, 0) is 25.3 Å². The van der Waals surface area contributed by atoms with Gasteiger partial charge < -0.3 is 20.1 Å². The summed E-state index contributed by atoms with van der Waals surface area (Å²) in [6.45, 7) is 0.900. The van der Waals surface area contributed by atoms with Crippen LogP contribution in [-0.4, -0.2) is 47.6 Å². The Morgan fingerprint density at radius 1 is 1.36 bits per heavy atom. The van der Waals surface area contributed by atoms with Crippen molar-refractivity contribution in [2.45, 2.75) is 31.4 Å². The van der Waals surface area contributed by atoms with Crippen LogP contribution in [0.25, 0.3) is 0 Å². The van der Waals surface area contributed by atoms with Crippen molar-refractivity contribution in [3.8, 4) is 5.75 Å². The molecule has 2 aliphatic rings. The second-order valence-electron chi connectivity index (χ2n) is 5.74. The van der Waals surface area contributed by atoms with E-state index in [1.165, 1.54) is 4.90 Å². The van der Waals surface area contributed by atoms with Crippen LogP contribution >= 0.6 is 0 Å². The first-order valence-electron chi connectivity index (χ1n) is 7.63. The lowest BCUT2D eigenvalue weighted by molar-refractivity contribution is -0.142. The molecule has 0 spiro atoms. The molecule has 3 rings (SSSR count). The summed E-state index contributed by atoms with van der Waals surface area (Å²) in [5.41, 5.74) is 0.957. The smallest absolute Gasteiger partial charge is 0.251 e. The molecule has 2 unspecified atom stereocenters. The minimum atomic E-state index is -0.981. The van der Waals surface area contributed by atoms with Gasteiger partial charge in [-0.3, -0.25) is 9.59 Å². The number of carbonyl (C=O) groups excluding carboxylic acids is 2. The lowest BCUT2D eigenvalue weighted by Crippen LogP contribution is -2.45. The molecule has 1 saturated heterocycles. The predicted octanol–water partition coefficient (Wildman–Crippen LogP) is 0.610. The van der Waals surface area contributed by atoms with E-state index in [4.69, 9.17) is 4.74 Å². The molecule has 0 radical (unpaired) electrons. The van der Waals surface area contributed by atoms with Gasteiger partial charge in [-0.1, -0.05) is 18.2 Å². The second-order valence-corrected chi connectivity index (χ2v) is 5.74. The maximum absolute atomic E-state index is 12.2. The van der Waals surface area contributed by atoms with Gasteiger partial charge in [-0.15, -0.1) is 0 Å². The molecule has 2 aliphatic heterocycles. The SMILES string of the molecule is O=C(CN1CCCCC(O)C1=O)NC1COc2ccccc21. The molecule has 0 aliphatic carbocycles. The van der Waals surface area contributed by atoms with Gasteiger partial charge >= 0.3 is 0 Å². The van der Waals surface area contributed by atoms with E-state index in [1.807, 2.05) is 24.3 Å². The molecule has 2 heterocycles. The van der Waals surface area contributed by atoms with Crippen molar-refractivity contribution in [1.82, 2.24) is 10.2 Å². The predicted molar refractivity (Wildman–Crippen MR) is 79.3 cm³/mol. The number of fused-ring (bicyclic) bond motifs is 1. The Labute approximate surface area is 129 Å². The van der Waals surface area contributed by atoms with E-state index in [2.05, 4.69) is 5.32 Å². The van der Waals surface area contributed by atoms with Crippen molar-refractivity contribution in [3.05, 3.63) is 29.8 Å². The van der Waals surface area contributed by atoms with Crippen LogP contribution in [0.4, 0.5) is 0 Å². The summed E-state index contributed by atoms with van der Waals surface area (Å²) in [6.07, 6.45) is 1.10. The lowest BCUT2D eigenvalue weighted by Gasteiger charge is -2.22. The van der Waals surface area contributed by atoms with Gasteiger partial charge in [0.05, 0.1) is 12.6 Å². The van der Waals surface area contributed by atoms with Crippen LogP contribution in [0, 0.1) is 0 Å². The van der Waals surface area contributed by atoms with Crippen LogP contribution in [-0.2, 0) is 9.59 Å². The average molecular weight is 304 g/mol. The highest BCUT2D eigenvalue weighted by molar-refractivity contribution is 5.87. The van der Waals surface area contributed by atoms with Crippen molar-refractivity contribution < 1.29 is 19.4 Å². The molecule has 0 aromatic heterocycles. The average Bonchev–Trinajstić information content (AvgIpc) is 2.85. The molecule has 2 N–H and O–H groups in total. The Morgan fingerprint density at radius 3 is 3.05 bits per heavy atom. The Kier molecular flexibility index (Phi) is 4.29. The van der Waals surface area contributed by atoms with Crippen molar-refractivity contribution >= 4 is 11.8 Å². The Balaban J connectivity index is 1.60. The van der Waals surface area contributed by atoms with Crippen LogP contribution in [0.5, 0.6) is 5.75 Å². The molecule has 2 atom stereocenters. The zero-order valence-electron chi connectivity index (χ0n) is 12.3. The number of benzene rings is 1. The number of carbonyl (C=O) groups is 2. The fraction of sp³-hybridized carbons (Fsp3) is 0.500. The van der Waals surface area contributed by atoms with Crippen molar-refractivity contribution in [1.29, 1.82) is 0 Å². The van der Waals surface area contributed by atoms with E-state index in [9.17, 15) is 14.7 Å². The second kappa shape index (κ2) is 6.36. The number of amides is 2. The van der Waals surface area contributed by atoms with Crippen LogP contribution in [0.2, 0.25) is 0 Å². The number of hydrogen-bond acceptors (Lipinski definition) is 4. The maximum Gasteiger partial charge on any atom is 0.251 e. The molecular weight excluding hydrogens is 284 g/mol. The van der Waals surface area contributed by atoms with Crippen molar-refractivity contribution in [2.24, 2.45) is 0 Å². The number of para-hydroxylation sites is 1. The number of aliphatic hydroxyl groups excluding tert-OH is 1. The van der Waals surface area contributed by atoms with Crippen LogP contribution in [0.3, 0.4) is 0 Å². The highest BCUT2D eigenvalue weighted by Gasteiger charge is 2.29. The third-order valence-electron chi connectivity index (χ3n) is 4.12. The highest BCUT2D eigenvalue weighted by Crippen LogP contribution is 2.31. The van der Waals surface area contributed by atoms with Gasteiger partial charge in [-0.25, -0.2) is 0 Å². The number of rotatable bonds is 3. The van der Waals surface area contributed by atoms with Gasteiger partial charge in [0, 0.05) is 12.1 Å². The van der Waals surface area contributed by atoms with E-state index < -0.39 is 6.10 Å². The van der Waals surface area contributed by atoms with Crippen LogP contribution in [0.15, 0.2) is 24.3 Å². The molecule has 1 aromatic rings. The summed E-state index contributed by atoms with van der Waals surface area (Å²) in [7, 11) is 0. The molecule has 0 bridgehead atoms. The zero-order valence-corrected chi connectivity index (χ0v) is 12.3. The standard InChI is InChI=1S/C16H20N2O4/c19-13-6-3-4-8-18(16(13)21)9-15(20)17-12-10-22-14-7-2-1-5-11(12)14/h1-2,5,7,12-13,19H,3-4,6,8-10H2,(H,17,20). The molecule has 2 amide bonds. The molecule has 6 nitrogen and oxygen atoms in total. The Bertz CT molecular complexity index is 575. The molecule has 1 aromatic carbocycles. The van der Waals surface area contributed by atoms with Crippen molar-refractivity contribution in [2.75, 3.05) is 19.7 Å². The van der Waals surface area contributed by atoms with Gasteiger partial charge in [0.25, 0.3) is 5.91 Å². The number of ether oxygens (including phenoxy) is 1. The number of likely N-dealkylation sites (tertiary alicyclic amines) is 1. The van der Waals surface area contributed by atoms with E-state index in [-0.39, 0.29) is 24.4 Å². The van der Waals surface area contributed by atoms with Gasteiger partial charge in [-0.2, -0.15) is 0 Å². The molecule has 6 heteroatoms. The molecule has 118 valence electrons. The van der Waals surface area contributed by atoms with Gasteiger partial charge in [0.1, 0.15) is 18.5 Å². The van der Waals surface area contributed by atoms with E-state index in [0.717, 1.165) is 24.2 Å². The fourth-order valence-corrected chi connectivity index (χ4v) is 2.94. The number of hydrogen-bond donors (Lipinski definition) is 2. The minimum absolute atomic E-state index is 0.0193. The monoisotopic (exact) mass is 304 g/mol. The first-order chi connectivity index (χ1) is 10.6. The summed E-state index contributed by atoms with van der Waals surface area (Å²) in [4.78, 5) is 25.6. The quantitative estimate of drug-likeness (QED) is 0.857. The Hall–Kier alpha value is -2.08. The first kappa shape index (κ1) is 14.8. The number of aliphatic hydroxyl groups is 1. The van der Waals surface area contributed by atoms with Crippen molar-refractivity contribution in [3.63, 3.8) is 0 Å². The Morgan fingerprint density at radius 2 is 2.18 bits per heavy atom. The van der Waals surface area contributed by atoms with Crippen LogP contribution < -0.4 is 10.1 Å². The summed E-state index contributed by atoms with van der Waals surface area (Å²) < 4.78 is 5.52. The summed E-state index contributed by atoms with van der Waals surface area (Å²) in [6, 6.07) is 7.40. The minimum Gasteiger partial charge on any atom is -0.491 e. The lowest BCUT2D eigenvalue weighted by atomic mass is 10.1. The largest absolute Gasteiger partial charge is 0.491 e. The molecule has 22 heavy (non-hydrogen) atoms. The van der Waals surface area contributed by atoms with E-state index in [0.29, 0.717) is 19.6 Å². The number of nitrogens with zero attached hydrogens (tertiary/aromatic N) is 1. The molecular formula is C16H20N2O4. The summed E-state index contributed by atoms with van der Waals surface area (Å²) in [5.74, 6) is 0.206. The third kappa shape index (κ3) is 3.06. The van der Waals surface area contributed by atoms with Gasteiger partial charge in [0.2, 0.25) is 5.91 Å². The number of nitrogens with one attached hydrogen (secondary N) is 1.